The van der Waals surface area contributed by atoms with Crippen LogP contribution in [0.3, 0.4) is 0 Å². The van der Waals surface area contributed by atoms with Gasteiger partial charge in [0.2, 0.25) is 5.91 Å². The van der Waals surface area contributed by atoms with Crippen molar-refractivity contribution in [3.63, 3.8) is 0 Å². The summed E-state index contributed by atoms with van der Waals surface area (Å²) in [5.41, 5.74) is 1.27. The van der Waals surface area contributed by atoms with E-state index in [1.807, 2.05) is 18.2 Å². The summed E-state index contributed by atoms with van der Waals surface area (Å²) in [6.45, 7) is 7.69. The van der Waals surface area contributed by atoms with E-state index < -0.39 is 0 Å². The predicted octanol–water partition coefficient (Wildman–Crippen LogP) is 2.20. The summed E-state index contributed by atoms with van der Waals surface area (Å²) >= 11 is 0. The molecule has 0 saturated heterocycles. The molecule has 0 saturated carbocycles. The Bertz CT molecular complexity index is 617. The number of hydrogen-bond donors (Lipinski definition) is 2. The van der Waals surface area contributed by atoms with Crippen LogP contribution in [0.2, 0.25) is 0 Å². The second-order valence-corrected chi connectivity index (χ2v) is 8.25. The molecule has 0 fully saturated rings. The van der Waals surface area contributed by atoms with Gasteiger partial charge < -0.3 is 25.2 Å². The lowest BCUT2D eigenvalue weighted by Crippen LogP contribution is -2.43. The number of ether oxygens (including phenoxy) is 1. The van der Waals surface area contributed by atoms with Crippen molar-refractivity contribution in [3.8, 4) is 0 Å². The lowest BCUT2D eigenvalue weighted by molar-refractivity contribution is -0.127. The highest BCUT2D eigenvalue weighted by Crippen LogP contribution is 2.18. The highest BCUT2D eigenvalue weighted by molar-refractivity contribution is 5.84. The van der Waals surface area contributed by atoms with Crippen LogP contribution in [0, 0.1) is 5.41 Å². The number of amides is 1. The van der Waals surface area contributed by atoms with E-state index in [1.165, 1.54) is 5.69 Å². The maximum absolute atomic E-state index is 11.9. The maximum Gasteiger partial charge on any atom is 0.243 e. The third-order valence-electron chi connectivity index (χ3n) is 4.75. The summed E-state index contributed by atoms with van der Waals surface area (Å²) in [6.07, 6.45) is 1.91. The first-order valence-corrected chi connectivity index (χ1v) is 10.2. The monoisotopic (exact) mass is 405 g/mol. The number of rotatable bonds is 12. The van der Waals surface area contributed by atoms with Crippen molar-refractivity contribution < 1.29 is 9.53 Å². The van der Waals surface area contributed by atoms with E-state index in [1.54, 1.807) is 26.1 Å². The van der Waals surface area contributed by atoms with E-state index in [0.29, 0.717) is 5.96 Å². The minimum atomic E-state index is -0.0199. The third-order valence-corrected chi connectivity index (χ3v) is 4.75. The molecule has 164 valence electrons. The molecule has 1 aromatic rings. The second kappa shape index (κ2) is 13.0. The zero-order chi connectivity index (χ0) is 21.7. The van der Waals surface area contributed by atoms with Crippen molar-refractivity contribution in [2.75, 3.05) is 65.9 Å². The molecule has 0 aliphatic heterocycles. The number of para-hydroxylation sites is 1. The molecule has 0 radical (unpaired) electrons. The largest absolute Gasteiger partial charge is 0.385 e. The molecule has 0 bridgehead atoms. The molecule has 0 spiro atoms. The number of hydrogen-bond acceptors (Lipinski definition) is 4. The Morgan fingerprint density at radius 2 is 1.83 bits per heavy atom. The molecule has 7 heteroatoms. The number of likely N-dealkylation sites (N-methyl/N-ethyl adjacent to an activating group) is 1. The van der Waals surface area contributed by atoms with Crippen molar-refractivity contribution >= 4 is 17.6 Å². The van der Waals surface area contributed by atoms with E-state index >= 15 is 0 Å². The minimum Gasteiger partial charge on any atom is -0.385 e. The zero-order valence-corrected chi connectivity index (χ0v) is 19.0. The van der Waals surface area contributed by atoms with E-state index in [0.717, 1.165) is 39.1 Å². The summed E-state index contributed by atoms with van der Waals surface area (Å²) in [6, 6.07) is 10.3. The first-order valence-electron chi connectivity index (χ1n) is 10.2. The van der Waals surface area contributed by atoms with Gasteiger partial charge in [-0.1, -0.05) is 32.0 Å². The van der Waals surface area contributed by atoms with Gasteiger partial charge in [0.25, 0.3) is 0 Å². The van der Waals surface area contributed by atoms with Crippen molar-refractivity contribution in [3.05, 3.63) is 30.3 Å². The molecule has 2 N–H and O–H groups in total. The lowest BCUT2D eigenvalue weighted by Gasteiger charge is -2.26. The SMILES string of the molecule is COCCC(C)(C)CNC(=NCC(=O)N(C)C)NCCCN(C)c1ccccc1. The summed E-state index contributed by atoms with van der Waals surface area (Å²) in [5.74, 6) is 0.654. The van der Waals surface area contributed by atoms with Crippen molar-refractivity contribution in [1.29, 1.82) is 0 Å². The van der Waals surface area contributed by atoms with Crippen LogP contribution in [-0.4, -0.2) is 77.8 Å². The summed E-state index contributed by atoms with van der Waals surface area (Å²) < 4.78 is 5.20. The van der Waals surface area contributed by atoms with E-state index in [9.17, 15) is 4.79 Å². The number of carbonyl (C=O) groups is 1. The number of benzene rings is 1. The first kappa shape index (κ1) is 24.8. The van der Waals surface area contributed by atoms with Gasteiger partial charge in [-0.2, -0.15) is 0 Å². The van der Waals surface area contributed by atoms with Gasteiger partial charge in [0.1, 0.15) is 6.54 Å². The van der Waals surface area contributed by atoms with Crippen LogP contribution in [0.1, 0.15) is 26.7 Å². The van der Waals surface area contributed by atoms with Gasteiger partial charge in [-0.15, -0.1) is 0 Å². The van der Waals surface area contributed by atoms with Gasteiger partial charge in [-0.3, -0.25) is 4.79 Å². The zero-order valence-electron chi connectivity index (χ0n) is 19.0. The standard InChI is InChI=1S/C22H39N5O2/c1-22(2,13-16-29-6)18-25-21(24-17-20(28)26(3)4)23-14-10-15-27(5)19-11-8-7-9-12-19/h7-9,11-12H,10,13-18H2,1-6H3,(H2,23,24,25). The Balaban J connectivity index is 2.54. The van der Waals surface area contributed by atoms with E-state index in [-0.39, 0.29) is 17.9 Å². The Hall–Kier alpha value is -2.28. The van der Waals surface area contributed by atoms with Crippen LogP contribution in [0.4, 0.5) is 5.69 Å². The number of methoxy groups -OCH3 is 1. The van der Waals surface area contributed by atoms with Gasteiger partial charge in [-0.05, 0) is 30.4 Å². The smallest absolute Gasteiger partial charge is 0.243 e. The number of anilines is 1. The van der Waals surface area contributed by atoms with Crippen LogP contribution < -0.4 is 15.5 Å². The molecular weight excluding hydrogens is 366 g/mol. The van der Waals surface area contributed by atoms with Crippen LogP contribution in [0.15, 0.2) is 35.3 Å². The fourth-order valence-electron chi connectivity index (χ4n) is 2.59. The number of nitrogens with one attached hydrogen (secondary N) is 2. The summed E-state index contributed by atoms with van der Waals surface area (Å²) in [7, 11) is 7.30. The minimum absolute atomic E-state index is 0.0199. The van der Waals surface area contributed by atoms with E-state index in [2.05, 4.69) is 53.6 Å². The molecule has 0 atom stereocenters. The predicted molar refractivity (Wildman–Crippen MR) is 122 cm³/mol. The molecule has 7 nitrogen and oxygen atoms in total. The molecule has 0 aliphatic carbocycles. The van der Waals surface area contributed by atoms with Crippen molar-refractivity contribution in [1.82, 2.24) is 15.5 Å². The Morgan fingerprint density at radius 1 is 1.14 bits per heavy atom. The molecule has 29 heavy (non-hydrogen) atoms. The van der Waals surface area contributed by atoms with Gasteiger partial charge in [0.15, 0.2) is 5.96 Å². The lowest BCUT2D eigenvalue weighted by atomic mass is 9.90. The Kier molecular flexibility index (Phi) is 11.1. The number of carbonyl (C=O) groups excluding carboxylic acids is 1. The fourth-order valence-corrected chi connectivity index (χ4v) is 2.59. The summed E-state index contributed by atoms with van der Waals surface area (Å²) in [4.78, 5) is 20.2. The average Bonchev–Trinajstić information content (AvgIpc) is 2.71. The van der Waals surface area contributed by atoms with Gasteiger partial charge in [0, 0.05) is 60.2 Å². The molecular formula is C22H39N5O2. The molecule has 0 heterocycles. The van der Waals surface area contributed by atoms with Gasteiger partial charge in [0.05, 0.1) is 0 Å². The van der Waals surface area contributed by atoms with Crippen LogP contribution in [0.25, 0.3) is 0 Å². The normalized spacial score (nSPS) is 11.9. The molecule has 1 amide bonds. The number of guanidine groups is 1. The van der Waals surface area contributed by atoms with Crippen molar-refractivity contribution in [2.45, 2.75) is 26.7 Å². The van der Waals surface area contributed by atoms with Gasteiger partial charge >= 0.3 is 0 Å². The molecule has 0 unspecified atom stereocenters. The molecule has 0 aromatic heterocycles. The highest BCUT2D eigenvalue weighted by Gasteiger charge is 2.18. The Labute approximate surface area is 176 Å². The van der Waals surface area contributed by atoms with Crippen LogP contribution in [0.5, 0.6) is 0 Å². The maximum atomic E-state index is 11.9. The molecule has 0 aliphatic rings. The van der Waals surface area contributed by atoms with Crippen LogP contribution in [-0.2, 0) is 9.53 Å². The first-order chi connectivity index (χ1) is 13.7. The Morgan fingerprint density at radius 3 is 2.45 bits per heavy atom. The quantitative estimate of drug-likeness (QED) is 0.317. The van der Waals surface area contributed by atoms with E-state index in [4.69, 9.17) is 4.74 Å². The second-order valence-electron chi connectivity index (χ2n) is 8.25. The fraction of sp³-hybridized carbons (Fsp3) is 0.636. The number of aliphatic imine (C=N–C) groups is 1. The number of nitrogens with zero attached hydrogens (tertiary/aromatic N) is 3. The highest BCUT2D eigenvalue weighted by atomic mass is 16.5. The van der Waals surface area contributed by atoms with Crippen LogP contribution >= 0.6 is 0 Å². The van der Waals surface area contributed by atoms with Gasteiger partial charge in [-0.25, -0.2) is 4.99 Å². The average molecular weight is 406 g/mol. The molecule has 1 rings (SSSR count). The third kappa shape index (κ3) is 10.7. The summed E-state index contributed by atoms with van der Waals surface area (Å²) in [5, 5.41) is 6.74. The topological polar surface area (TPSA) is 69.2 Å². The molecule has 1 aromatic carbocycles. The van der Waals surface area contributed by atoms with Crippen molar-refractivity contribution in [2.24, 2.45) is 10.4 Å².